The summed E-state index contributed by atoms with van der Waals surface area (Å²) in [7, 11) is 0. The SMILES string of the molecule is CSCC[C@H](NC(=O)[C@H](CCCNC(=N)N)NC(=O)[C@H](CCSC)NC(=O)[C@H](CCC(N)=O)NC(=O)[C@H](CC(=O)O)NC(C)=O)C(=O)N[C@@H](CCC(N)=O)C(N)=O. The fraction of sp³-hybridized carbons (Fsp3) is 0.656. The van der Waals surface area contributed by atoms with Crippen LogP contribution in [-0.2, 0) is 47.9 Å². The van der Waals surface area contributed by atoms with E-state index in [-0.39, 0.29) is 57.5 Å². The van der Waals surface area contributed by atoms with E-state index in [0.29, 0.717) is 11.5 Å². The number of carboxylic acid groups (broad SMARTS) is 1. The van der Waals surface area contributed by atoms with Gasteiger partial charge in [0.15, 0.2) is 5.96 Å². The summed E-state index contributed by atoms with van der Waals surface area (Å²) in [4.78, 5) is 125. The van der Waals surface area contributed by atoms with Crippen molar-refractivity contribution in [3.63, 3.8) is 0 Å². The number of guanidine groups is 1. The summed E-state index contributed by atoms with van der Waals surface area (Å²) < 4.78 is 0. The quantitative estimate of drug-likeness (QED) is 0.0183. The molecule has 0 aliphatic heterocycles. The van der Waals surface area contributed by atoms with Crippen LogP contribution in [0.1, 0.15) is 64.7 Å². The molecule has 0 fully saturated rings. The second-order valence-corrected chi connectivity index (χ2v) is 14.6. The predicted octanol–water partition coefficient (Wildman–Crippen LogP) is -4.82. The minimum Gasteiger partial charge on any atom is -0.481 e. The third-order valence-electron chi connectivity index (χ3n) is 7.83. The molecule has 0 saturated carbocycles. The normalized spacial score (nSPS) is 13.8. The lowest BCUT2D eigenvalue weighted by atomic mass is 10.1. The smallest absolute Gasteiger partial charge is 0.305 e. The minimum atomic E-state index is -1.59. The van der Waals surface area contributed by atoms with Gasteiger partial charge in [-0.3, -0.25) is 53.4 Å². The molecule has 23 nitrogen and oxygen atoms in total. The van der Waals surface area contributed by atoms with E-state index in [2.05, 4.69) is 37.2 Å². The first-order valence-electron chi connectivity index (χ1n) is 17.6. The number of carbonyl (C=O) groups is 10. The fourth-order valence-electron chi connectivity index (χ4n) is 4.93. The number of amides is 9. The molecule has 0 unspecified atom stereocenters. The zero-order chi connectivity index (χ0) is 43.7. The van der Waals surface area contributed by atoms with Gasteiger partial charge in [0.25, 0.3) is 0 Å². The number of nitrogens with two attached hydrogens (primary N) is 4. The first kappa shape index (κ1) is 51.7. The first-order chi connectivity index (χ1) is 26.7. The first-order valence-corrected chi connectivity index (χ1v) is 20.4. The van der Waals surface area contributed by atoms with Crippen molar-refractivity contribution < 1.29 is 53.1 Å². The molecule has 0 aromatic carbocycles. The number of rotatable bonds is 30. The van der Waals surface area contributed by atoms with E-state index in [1.807, 2.05) is 0 Å². The van der Waals surface area contributed by atoms with Crippen LogP contribution in [-0.4, -0.2) is 137 Å². The Morgan fingerprint density at radius 3 is 1.28 bits per heavy atom. The van der Waals surface area contributed by atoms with Gasteiger partial charge < -0.3 is 65.3 Å². The number of primary amides is 3. The predicted molar refractivity (Wildman–Crippen MR) is 211 cm³/mol. The van der Waals surface area contributed by atoms with E-state index >= 15 is 0 Å². The van der Waals surface area contributed by atoms with Gasteiger partial charge >= 0.3 is 5.97 Å². The maximum absolute atomic E-state index is 13.8. The summed E-state index contributed by atoms with van der Waals surface area (Å²) in [5.41, 5.74) is 21.2. The zero-order valence-corrected chi connectivity index (χ0v) is 33.7. The lowest BCUT2D eigenvalue weighted by Crippen LogP contribution is -2.60. The van der Waals surface area contributed by atoms with Crippen molar-refractivity contribution in [1.82, 2.24) is 37.2 Å². The number of thioether (sulfide) groups is 2. The van der Waals surface area contributed by atoms with Gasteiger partial charge in [-0.15, -0.1) is 0 Å². The van der Waals surface area contributed by atoms with Gasteiger partial charge in [0, 0.05) is 26.3 Å². The van der Waals surface area contributed by atoms with Crippen LogP contribution >= 0.6 is 23.5 Å². The van der Waals surface area contributed by atoms with E-state index in [1.54, 1.807) is 12.5 Å². The van der Waals surface area contributed by atoms with E-state index in [4.69, 9.17) is 28.3 Å². The molecule has 57 heavy (non-hydrogen) atoms. The van der Waals surface area contributed by atoms with Crippen molar-refractivity contribution >= 4 is 88.6 Å². The molecule has 0 aromatic rings. The molecular weight excluding hydrogens is 793 g/mol. The monoisotopic (exact) mass is 848 g/mol. The largest absolute Gasteiger partial charge is 0.481 e. The Bertz CT molecular complexity index is 1440. The number of carbonyl (C=O) groups excluding carboxylic acids is 9. The van der Waals surface area contributed by atoms with Crippen molar-refractivity contribution in [2.75, 3.05) is 30.6 Å². The highest BCUT2D eigenvalue weighted by molar-refractivity contribution is 7.98. The lowest BCUT2D eigenvalue weighted by Gasteiger charge is -2.27. The number of hydrogen-bond donors (Lipinski definition) is 13. The molecule has 0 bridgehead atoms. The van der Waals surface area contributed by atoms with Gasteiger partial charge in [-0.25, -0.2) is 0 Å². The van der Waals surface area contributed by atoms with Crippen molar-refractivity contribution in [2.24, 2.45) is 22.9 Å². The number of hydrogen-bond acceptors (Lipinski definition) is 13. The molecule has 0 aliphatic carbocycles. The molecule has 0 aromatic heterocycles. The molecule has 25 heteroatoms. The van der Waals surface area contributed by atoms with E-state index in [9.17, 15) is 53.1 Å². The maximum atomic E-state index is 13.8. The molecule has 6 atom stereocenters. The Labute approximate surface area is 338 Å². The van der Waals surface area contributed by atoms with Crippen LogP contribution in [0.4, 0.5) is 0 Å². The standard InChI is InChI=1S/C32H56N12O11S2/c1-16(45)39-22(15-25(48)49)31(55)42-19(7-9-24(34)47)28(52)44-21(11-14-57-3)30(54)41-18(5-4-12-38-32(36)37)27(51)43-20(10-13-56-2)29(53)40-17(26(35)50)6-8-23(33)46/h17-22H,4-15H2,1-3H3,(H2,33,46)(H2,34,47)(H2,35,50)(H,39,45)(H,40,53)(H,41,54)(H,42,55)(H,43,51)(H,44,52)(H,48,49)(H4,36,37,38)/t17-,18-,19-,20-,21-,22-/m0/s1. The average molecular weight is 849 g/mol. The molecule has 0 saturated heterocycles. The molecule has 0 spiro atoms. The number of aliphatic carboxylic acids is 1. The summed E-state index contributed by atoms with van der Waals surface area (Å²) in [6.07, 6.45) is 1.62. The van der Waals surface area contributed by atoms with Gasteiger partial charge in [-0.1, -0.05) is 0 Å². The van der Waals surface area contributed by atoms with Gasteiger partial charge in [0.05, 0.1) is 6.42 Å². The van der Waals surface area contributed by atoms with E-state index < -0.39 is 108 Å². The lowest BCUT2D eigenvalue weighted by molar-refractivity contribution is -0.141. The highest BCUT2D eigenvalue weighted by Crippen LogP contribution is 2.09. The van der Waals surface area contributed by atoms with E-state index in [0.717, 1.165) is 6.92 Å². The number of carboxylic acids is 1. The second-order valence-electron chi connectivity index (χ2n) is 12.6. The van der Waals surface area contributed by atoms with Gasteiger partial charge in [0.1, 0.15) is 36.3 Å². The Morgan fingerprint density at radius 2 is 0.930 bits per heavy atom. The fourth-order valence-corrected chi connectivity index (χ4v) is 5.87. The van der Waals surface area contributed by atoms with Crippen LogP contribution in [0.25, 0.3) is 0 Å². The average Bonchev–Trinajstić information content (AvgIpc) is 3.11. The van der Waals surface area contributed by atoms with Crippen LogP contribution < -0.4 is 60.2 Å². The van der Waals surface area contributed by atoms with E-state index in [1.165, 1.54) is 23.5 Å². The van der Waals surface area contributed by atoms with Crippen LogP contribution in [0.5, 0.6) is 0 Å². The Balaban J connectivity index is 6.46. The maximum Gasteiger partial charge on any atom is 0.305 e. The molecule has 322 valence electrons. The highest BCUT2D eigenvalue weighted by atomic mass is 32.2. The Morgan fingerprint density at radius 1 is 0.561 bits per heavy atom. The summed E-state index contributed by atoms with van der Waals surface area (Å²) >= 11 is 2.67. The minimum absolute atomic E-state index is 0.00154. The van der Waals surface area contributed by atoms with Crippen LogP contribution in [0.2, 0.25) is 0 Å². The topological polar surface area (TPSA) is 403 Å². The molecule has 9 amide bonds. The zero-order valence-electron chi connectivity index (χ0n) is 32.1. The summed E-state index contributed by atoms with van der Waals surface area (Å²) in [5.74, 6) is -8.85. The molecule has 0 radical (unpaired) electrons. The second kappa shape index (κ2) is 28.1. The summed E-state index contributed by atoms with van der Waals surface area (Å²) in [6, 6.07) is -8.32. The Kier molecular flexibility index (Phi) is 25.5. The third-order valence-corrected chi connectivity index (χ3v) is 9.12. The Hall–Kier alpha value is -5.33. The van der Waals surface area contributed by atoms with Crippen molar-refractivity contribution in [1.29, 1.82) is 5.41 Å². The van der Waals surface area contributed by atoms with Crippen LogP contribution in [0, 0.1) is 5.41 Å². The molecular formula is C32H56N12O11S2. The molecule has 0 heterocycles. The third kappa shape index (κ3) is 23.4. The molecule has 0 aliphatic rings. The van der Waals surface area contributed by atoms with Crippen LogP contribution in [0.15, 0.2) is 0 Å². The van der Waals surface area contributed by atoms with Gasteiger partial charge in [0.2, 0.25) is 53.2 Å². The van der Waals surface area contributed by atoms with Crippen LogP contribution in [0.3, 0.4) is 0 Å². The van der Waals surface area contributed by atoms with Gasteiger partial charge in [-0.05, 0) is 62.5 Å². The summed E-state index contributed by atoms with van der Waals surface area (Å²) in [5, 5.41) is 33.7. The molecule has 17 N–H and O–H groups in total. The number of nitrogens with one attached hydrogen (secondary N) is 8. The van der Waals surface area contributed by atoms with Crippen molar-refractivity contribution in [3.8, 4) is 0 Å². The van der Waals surface area contributed by atoms with Gasteiger partial charge in [-0.2, -0.15) is 23.5 Å². The van der Waals surface area contributed by atoms with Crippen molar-refractivity contribution in [2.45, 2.75) is 101 Å². The van der Waals surface area contributed by atoms with Crippen molar-refractivity contribution in [3.05, 3.63) is 0 Å². The summed E-state index contributed by atoms with van der Waals surface area (Å²) in [6.45, 7) is 1.16. The highest BCUT2D eigenvalue weighted by Gasteiger charge is 2.33. The molecule has 0 rings (SSSR count).